The molecule has 2 aromatic heterocycles. The molecule has 0 spiro atoms. The second-order valence-electron chi connectivity index (χ2n) is 8.27. The molecule has 3 atom stereocenters. The summed E-state index contributed by atoms with van der Waals surface area (Å²) in [5.41, 5.74) is -0.564. The number of amides is 2. The minimum atomic E-state index is -1.56. The average Bonchev–Trinajstić information content (AvgIpc) is 3.14. The Balaban J connectivity index is 1.86. The molecule has 0 bridgehead atoms. The highest BCUT2D eigenvalue weighted by Crippen LogP contribution is 2.30. The molecule has 1 unspecified atom stereocenters. The number of aliphatic hydroxyl groups excluding tert-OH is 1. The maximum atomic E-state index is 12.4. The zero-order valence-electron chi connectivity index (χ0n) is 18.1. The highest BCUT2D eigenvalue weighted by atomic mass is 32.1. The van der Waals surface area contributed by atoms with E-state index in [1.807, 2.05) is 0 Å². The van der Waals surface area contributed by atoms with Gasteiger partial charge in [-0.3, -0.25) is 14.6 Å². The van der Waals surface area contributed by atoms with Gasteiger partial charge in [0.25, 0.3) is 5.91 Å². The Hall–Kier alpha value is -2.56. The van der Waals surface area contributed by atoms with E-state index in [1.165, 1.54) is 36.7 Å². The number of nitrogens with one attached hydrogen (secondary N) is 2. The van der Waals surface area contributed by atoms with Crippen molar-refractivity contribution in [2.75, 3.05) is 5.32 Å². The van der Waals surface area contributed by atoms with Crippen LogP contribution in [0, 0.1) is 0 Å². The van der Waals surface area contributed by atoms with Crippen molar-refractivity contribution in [1.29, 1.82) is 0 Å². The Morgan fingerprint density at radius 1 is 1.19 bits per heavy atom. The molecule has 170 valence electrons. The Morgan fingerprint density at radius 2 is 1.90 bits per heavy atom. The number of carbonyl (C=O) groups excluding carboxylic acids is 2. The number of thiazole rings is 1. The van der Waals surface area contributed by atoms with Crippen LogP contribution in [0.3, 0.4) is 0 Å². The summed E-state index contributed by atoms with van der Waals surface area (Å²) in [5, 5.41) is 34.9. The van der Waals surface area contributed by atoms with Crippen LogP contribution in [0.2, 0.25) is 0 Å². The van der Waals surface area contributed by atoms with Gasteiger partial charge >= 0.3 is 0 Å². The fourth-order valence-electron chi connectivity index (χ4n) is 2.87. The van der Waals surface area contributed by atoms with E-state index in [0.717, 1.165) is 17.7 Å². The van der Waals surface area contributed by atoms with Crippen molar-refractivity contribution < 1.29 is 24.9 Å². The molecule has 0 aliphatic heterocycles. The molecule has 0 aromatic carbocycles. The van der Waals surface area contributed by atoms with E-state index in [9.17, 15) is 24.9 Å². The first-order valence-electron chi connectivity index (χ1n) is 10.1. The normalized spacial score (nSPS) is 14.5. The van der Waals surface area contributed by atoms with Crippen molar-refractivity contribution in [1.82, 2.24) is 15.3 Å². The van der Waals surface area contributed by atoms with E-state index in [2.05, 4.69) is 27.5 Å². The highest BCUT2D eigenvalue weighted by molar-refractivity contribution is 7.15. The van der Waals surface area contributed by atoms with Crippen LogP contribution >= 0.6 is 11.3 Å². The van der Waals surface area contributed by atoms with Crippen molar-refractivity contribution in [3.8, 4) is 5.75 Å². The van der Waals surface area contributed by atoms with E-state index in [-0.39, 0.29) is 17.2 Å². The van der Waals surface area contributed by atoms with E-state index in [1.54, 1.807) is 20.0 Å². The standard InChI is InChI=1S/C21H30N4O5S/c1-12(6-5-7-21(3,4)30)16-11-23-20(31-16)25-18(28)13(2)24-19(29)17(27)14-8-15(26)10-22-9-14/h8-13,17,26-27,30H,5-7H2,1-4H3,(H,24,29)(H,23,25,28)/t12?,13-,17-/m0/s1. The molecule has 0 saturated heterocycles. The van der Waals surface area contributed by atoms with Crippen LogP contribution in [0.5, 0.6) is 5.75 Å². The second-order valence-corrected chi connectivity index (χ2v) is 9.33. The quantitative estimate of drug-likeness (QED) is 0.374. The number of rotatable bonds is 10. The van der Waals surface area contributed by atoms with Crippen LogP contribution in [0.25, 0.3) is 0 Å². The van der Waals surface area contributed by atoms with Crippen molar-refractivity contribution in [3.05, 3.63) is 35.1 Å². The van der Waals surface area contributed by atoms with Crippen LogP contribution < -0.4 is 10.6 Å². The third-order valence-corrected chi connectivity index (χ3v) is 5.87. The molecule has 2 heterocycles. The lowest BCUT2D eigenvalue weighted by Crippen LogP contribution is -2.43. The average molecular weight is 451 g/mol. The van der Waals surface area contributed by atoms with Crippen LogP contribution in [0.4, 0.5) is 5.13 Å². The Morgan fingerprint density at radius 3 is 2.55 bits per heavy atom. The van der Waals surface area contributed by atoms with Crippen molar-refractivity contribution in [2.45, 2.75) is 70.6 Å². The predicted molar refractivity (Wildman–Crippen MR) is 118 cm³/mol. The van der Waals surface area contributed by atoms with Crippen LogP contribution in [0.1, 0.15) is 69.4 Å². The topological polar surface area (TPSA) is 145 Å². The third-order valence-electron chi connectivity index (χ3n) is 4.73. The molecule has 0 aliphatic rings. The predicted octanol–water partition coefficient (Wildman–Crippen LogP) is 2.47. The summed E-state index contributed by atoms with van der Waals surface area (Å²) in [5.74, 6) is -1.18. The van der Waals surface area contributed by atoms with Gasteiger partial charge in [-0.2, -0.15) is 0 Å². The number of aromatic nitrogens is 2. The summed E-state index contributed by atoms with van der Waals surface area (Å²) in [4.78, 5) is 33.6. The van der Waals surface area contributed by atoms with E-state index < -0.39 is 29.6 Å². The van der Waals surface area contributed by atoms with Gasteiger partial charge in [-0.1, -0.05) is 6.92 Å². The van der Waals surface area contributed by atoms with Gasteiger partial charge in [0.1, 0.15) is 11.8 Å². The maximum Gasteiger partial charge on any atom is 0.254 e. The summed E-state index contributed by atoms with van der Waals surface area (Å²) in [6.07, 6.45) is 5.08. The molecule has 2 amide bonds. The number of hydrogen-bond donors (Lipinski definition) is 5. The minimum Gasteiger partial charge on any atom is -0.506 e. The Bertz CT molecular complexity index is 896. The van der Waals surface area contributed by atoms with Crippen molar-refractivity contribution in [3.63, 3.8) is 0 Å². The zero-order valence-corrected chi connectivity index (χ0v) is 18.9. The number of hydrogen-bond acceptors (Lipinski definition) is 8. The lowest BCUT2D eigenvalue weighted by molar-refractivity contribution is -0.132. The molecule has 0 fully saturated rings. The van der Waals surface area contributed by atoms with Crippen LogP contribution in [-0.2, 0) is 9.59 Å². The largest absolute Gasteiger partial charge is 0.506 e. The SMILES string of the molecule is CC(CCCC(C)(C)O)c1cnc(NC(=O)[C@H](C)NC(=O)[C@@H](O)c2cncc(O)c2)s1. The first-order chi connectivity index (χ1) is 14.5. The molecular formula is C21H30N4O5S. The van der Waals surface area contributed by atoms with Crippen LogP contribution in [0.15, 0.2) is 24.7 Å². The molecule has 9 nitrogen and oxygen atoms in total. The Kier molecular flexibility index (Phi) is 8.49. The fraction of sp³-hybridized carbons (Fsp3) is 0.524. The van der Waals surface area contributed by atoms with Crippen LogP contribution in [-0.4, -0.2) is 48.7 Å². The second kappa shape index (κ2) is 10.7. The number of aromatic hydroxyl groups is 1. The van der Waals surface area contributed by atoms with Crippen molar-refractivity contribution >= 4 is 28.3 Å². The molecule has 0 aliphatic carbocycles. The van der Waals surface area contributed by atoms with Gasteiger partial charge < -0.3 is 26.0 Å². The summed E-state index contributed by atoms with van der Waals surface area (Å²) in [7, 11) is 0. The summed E-state index contributed by atoms with van der Waals surface area (Å²) in [6.45, 7) is 7.15. The number of anilines is 1. The number of carbonyl (C=O) groups is 2. The monoisotopic (exact) mass is 450 g/mol. The molecule has 2 rings (SSSR count). The van der Waals surface area contributed by atoms with E-state index in [0.29, 0.717) is 11.6 Å². The highest BCUT2D eigenvalue weighted by Gasteiger charge is 2.24. The molecule has 0 radical (unpaired) electrons. The molecular weight excluding hydrogens is 420 g/mol. The Labute approximate surface area is 185 Å². The molecule has 10 heteroatoms. The first-order valence-corrected chi connectivity index (χ1v) is 10.9. The van der Waals surface area contributed by atoms with Gasteiger partial charge in [0.05, 0.1) is 11.8 Å². The third kappa shape index (κ3) is 7.89. The number of pyridine rings is 1. The van der Waals surface area contributed by atoms with Gasteiger partial charge in [-0.25, -0.2) is 4.98 Å². The zero-order chi connectivity index (χ0) is 23.2. The number of nitrogens with zero attached hydrogens (tertiary/aromatic N) is 2. The lowest BCUT2D eigenvalue weighted by atomic mass is 9.96. The van der Waals surface area contributed by atoms with Gasteiger partial charge in [-0.05, 0) is 52.0 Å². The summed E-state index contributed by atoms with van der Waals surface area (Å²) in [6, 6.07) is 0.311. The van der Waals surface area contributed by atoms with E-state index in [4.69, 9.17) is 0 Å². The summed E-state index contributed by atoms with van der Waals surface area (Å²) < 4.78 is 0. The van der Waals surface area contributed by atoms with E-state index >= 15 is 0 Å². The smallest absolute Gasteiger partial charge is 0.254 e. The molecule has 31 heavy (non-hydrogen) atoms. The van der Waals surface area contributed by atoms with Gasteiger partial charge in [0.15, 0.2) is 11.2 Å². The summed E-state index contributed by atoms with van der Waals surface area (Å²) >= 11 is 1.36. The molecule has 2 aromatic rings. The number of aliphatic hydroxyl groups is 2. The lowest BCUT2D eigenvalue weighted by Gasteiger charge is -2.17. The van der Waals surface area contributed by atoms with Gasteiger partial charge in [-0.15, -0.1) is 11.3 Å². The first kappa shape index (κ1) is 24.7. The molecule has 5 N–H and O–H groups in total. The maximum absolute atomic E-state index is 12.4. The van der Waals surface area contributed by atoms with Gasteiger partial charge in [0.2, 0.25) is 5.91 Å². The minimum absolute atomic E-state index is 0.119. The van der Waals surface area contributed by atoms with Crippen molar-refractivity contribution in [2.24, 2.45) is 0 Å². The fourth-order valence-corrected chi connectivity index (χ4v) is 3.78. The molecule has 0 saturated carbocycles. The van der Waals surface area contributed by atoms with Gasteiger partial charge in [0, 0.05) is 22.8 Å².